The van der Waals surface area contributed by atoms with Gasteiger partial charge in [-0.15, -0.1) is 0 Å². The van der Waals surface area contributed by atoms with Gasteiger partial charge in [0.05, 0.1) is 25.5 Å². The lowest BCUT2D eigenvalue weighted by atomic mass is 10.1. The van der Waals surface area contributed by atoms with Gasteiger partial charge in [0.1, 0.15) is 5.82 Å². The van der Waals surface area contributed by atoms with E-state index < -0.39 is 6.10 Å². The van der Waals surface area contributed by atoms with Crippen molar-refractivity contribution in [2.45, 2.75) is 19.2 Å². The number of rotatable bonds is 7. The highest BCUT2D eigenvalue weighted by Gasteiger charge is 2.20. The number of aliphatic hydroxyl groups is 2. The molecule has 0 bridgehead atoms. The van der Waals surface area contributed by atoms with E-state index in [2.05, 4.69) is 14.9 Å². The molecule has 1 unspecified atom stereocenters. The Morgan fingerprint density at radius 3 is 2.64 bits per heavy atom. The smallest absolute Gasteiger partial charge is 0.123 e. The van der Waals surface area contributed by atoms with Gasteiger partial charge in [0.15, 0.2) is 0 Å². The van der Waals surface area contributed by atoms with Crippen LogP contribution in [0.2, 0.25) is 0 Å². The third kappa shape index (κ3) is 5.09. The zero-order valence-corrected chi connectivity index (χ0v) is 14.3. The molecule has 1 aromatic heterocycles. The van der Waals surface area contributed by atoms with E-state index in [-0.39, 0.29) is 12.4 Å². The fraction of sp³-hybridized carbons (Fsp3) is 0.500. The molecule has 0 radical (unpaired) electrons. The number of piperazine rings is 1. The van der Waals surface area contributed by atoms with Gasteiger partial charge in [-0.25, -0.2) is 4.39 Å². The number of aromatic nitrogens is 2. The predicted molar refractivity (Wildman–Crippen MR) is 92.4 cm³/mol. The molecule has 6 nitrogen and oxygen atoms in total. The molecule has 136 valence electrons. The van der Waals surface area contributed by atoms with Crippen molar-refractivity contribution in [2.24, 2.45) is 0 Å². The van der Waals surface area contributed by atoms with Crippen LogP contribution in [0.15, 0.2) is 36.7 Å². The number of aliphatic hydroxyl groups excluding tert-OH is 2. The van der Waals surface area contributed by atoms with E-state index in [0.717, 1.165) is 38.3 Å². The summed E-state index contributed by atoms with van der Waals surface area (Å²) in [5.74, 6) is -0.317. The van der Waals surface area contributed by atoms with Gasteiger partial charge in [-0.1, -0.05) is 12.1 Å². The second-order valence-electron chi connectivity index (χ2n) is 6.48. The predicted octanol–water partition coefficient (Wildman–Crippen LogP) is 0.866. The first-order valence-corrected chi connectivity index (χ1v) is 8.64. The fourth-order valence-electron chi connectivity index (χ4n) is 3.16. The van der Waals surface area contributed by atoms with Crippen LogP contribution in [0, 0.1) is 5.82 Å². The zero-order chi connectivity index (χ0) is 17.6. The standard InChI is InChI=1S/C18H25FN4O2/c19-17-3-1-2-16(10-17)18(25)14-22-6-4-21(5-7-22)12-15-11-20-23(13-15)8-9-24/h1-3,10-11,13,18,24-25H,4-9,12,14H2. The number of hydrogen-bond acceptors (Lipinski definition) is 5. The molecule has 25 heavy (non-hydrogen) atoms. The Kier molecular flexibility index (Phi) is 6.14. The van der Waals surface area contributed by atoms with E-state index in [1.807, 2.05) is 12.4 Å². The van der Waals surface area contributed by atoms with Gasteiger partial charge in [-0.2, -0.15) is 5.10 Å². The molecule has 0 aliphatic carbocycles. The molecule has 0 amide bonds. The summed E-state index contributed by atoms with van der Waals surface area (Å²) in [6.07, 6.45) is 3.14. The Morgan fingerprint density at radius 1 is 1.16 bits per heavy atom. The van der Waals surface area contributed by atoms with Gasteiger partial charge in [0.25, 0.3) is 0 Å². The lowest BCUT2D eigenvalue weighted by Gasteiger charge is -2.35. The van der Waals surface area contributed by atoms with Gasteiger partial charge in [0.2, 0.25) is 0 Å². The molecule has 1 aliphatic heterocycles. The van der Waals surface area contributed by atoms with Crippen molar-refractivity contribution < 1.29 is 14.6 Å². The van der Waals surface area contributed by atoms with Crippen LogP contribution in [0.25, 0.3) is 0 Å². The maximum absolute atomic E-state index is 13.3. The number of halogens is 1. The molecule has 2 heterocycles. The molecule has 0 spiro atoms. The summed E-state index contributed by atoms with van der Waals surface area (Å²) < 4.78 is 15.0. The lowest BCUT2D eigenvalue weighted by Crippen LogP contribution is -2.47. The summed E-state index contributed by atoms with van der Waals surface area (Å²) in [6.45, 7) is 5.55. The first-order chi connectivity index (χ1) is 12.1. The Hall–Kier alpha value is -1.80. The molecule has 3 rings (SSSR count). The van der Waals surface area contributed by atoms with Crippen molar-refractivity contribution in [1.82, 2.24) is 19.6 Å². The van der Waals surface area contributed by atoms with Crippen LogP contribution in [0.5, 0.6) is 0 Å². The van der Waals surface area contributed by atoms with Crippen LogP contribution in [0.3, 0.4) is 0 Å². The van der Waals surface area contributed by atoms with Crippen molar-refractivity contribution >= 4 is 0 Å². The summed E-state index contributed by atoms with van der Waals surface area (Å²) in [7, 11) is 0. The van der Waals surface area contributed by atoms with Crippen molar-refractivity contribution in [3.8, 4) is 0 Å². The van der Waals surface area contributed by atoms with Crippen LogP contribution in [-0.4, -0.2) is 69.1 Å². The van der Waals surface area contributed by atoms with Crippen LogP contribution in [-0.2, 0) is 13.1 Å². The van der Waals surface area contributed by atoms with E-state index in [1.54, 1.807) is 16.8 Å². The Balaban J connectivity index is 1.45. The maximum Gasteiger partial charge on any atom is 0.123 e. The van der Waals surface area contributed by atoms with E-state index in [9.17, 15) is 9.50 Å². The Morgan fingerprint density at radius 2 is 1.92 bits per heavy atom. The molecule has 1 aromatic carbocycles. The summed E-state index contributed by atoms with van der Waals surface area (Å²) in [5, 5.41) is 23.5. The molecular formula is C18H25FN4O2. The first-order valence-electron chi connectivity index (χ1n) is 8.64. The number of hydrogen-bond donors (Lipinski definition) is 2. The minimum absolute atomic E-state index is 0.0907. The Bertz CT molecular complexity index is 671. The zero-order valence-electron chi connectivity index (χ0n) is 14.3. The molecule has 2 aromatic rings. The van der Waals surface area contributed by atoms with E-state index in [4.69, 9.17) is 5.11 Å². The highest BCUT2D eigenvalue weighted by Crippen LogP contribution is 2.17. The summed E-state index contributed by atoms with van der Waals surface area (Å²) in [4.78, 5) is 4.56. The first kappa shape index (κ1) is 18.0. The van der Waals surface area contributed by atoms with Crippen LogP contribution >= 0.6 is 0 Å². The number of β-amino-alcohol motifs (C(OH)–C–C–N with tert-alkyl or cyclic N) is 1. The molecule has 1 atom stereocenters. The van der Waals surface area contributed by atoms with Crippen molar-refractivity contribution in [2.75, 3.05) is 39.3 Å². The molecule has 1 fully saturated rings. The highest BCUT2D eigenvalue weighted by atomic mass is 19.1. The molecule has 1 aliphatic rings. The highest BCUT2D eigenvalue weighted by molar-refractivity contribution is 5.19. The van der Waals surface area contributed by atoms with E-state index in [1.165, 1.54) is 12.1 Å². The topological polar surface area (TPSA) is 64.8 Å². The minimum atomic E-state index is -0.668. The van der Waals surface area contributed by atoms with Crippen LogP contribution < -0.4 is 0 Å². The third-order valence-corrected chi connectivity index (χ3v) is 4.55. The minimum Gasteiger partial charge on any atom is -0.394 e. The second-order valence-corrected chi connectivity index (χ2v) is 6.48. The SMILES string of the molecule is OCCn1cc(CN2CCN(CC(O)c3cccc(F)c3)CC2)cn1. The largest absolute Gasteiger partial charge is 0.394 e. The molecular weight excluding hydrogens is 323 g/mol. The monoisotopic (exact) mass is 348 g/mol. The van der Waals surface area contributed by atoms with E-state index >= 15 is 0 Å². The quantitative estimate of drug-likeness (QED) is 0.777. The average molecular weight is 348 g/mol. The van der Waals surface area contributed by atoms with E-state index in [0.29, 0.717) is 18.7 Å². The third-order valence-electron chi connectivity index (χ3n) is 4.55. The van der Waals surface area contributed by atoms with Crippen molar-refractivity contribution in [1.29, 1.82) is 0 Å². The molecule has 0 saturated carbocycles. The van der Waals surface area contributed by atoms with Crippen LogP contribution in [0.4, 0.5) is 4.39 Å². The van der Waals surface area contributed by atoms with Crippen molar-refractivity contribution in [3.05, 3.63) is 53.6 Å². The van der Waals surface area contributed by atoms with Gasteiger partial charge >= 0.3 is 0 Å². The van der Waals surface area contributed by atoms with Gasteiger partial charge in [0, 0.05) is 51.0 Å². The summed E-state index contributed by atoms with van der Waals surface area (Å²) in [6, 6.07) is 6.17. The second kappa shape index (κ2) is 8.53. The summed E-state index contributed by atoms with van der Waals surface area (Å²) >= 11 is 0. The average Bonchev–Trinajstić information content (AvgIpc) is 3.04. The molecule has 7 heteroatoms. The number of nitrogens with zero attached hydrogens (tertiary/aromatic N) is 4. The van der Waals surface area contributed by atoms with Gasteiger partial charge in [-0.05, 0) is 17.7 Å². The normalized spacial score (nSPS) is 17.7. The summed E-state index contributed by atoms with van der Waals surface area (Å²) in [5.41, 5.74) is 1.76. The van der Waals surface area contributed by atoms with Crippen molar-refractivity contribution in [3.63, 3.8) is 0 Å². The molecule has 1 saturated heterocycles. The van der Waals surface area contributed by atoms with Gasteiger partial charge in [-0.3, -0.25) is 14.5 Å². The Labute approximate surface area is 147 Å². The number of benzene rings is 1. The molecule has 2 N–H and O–H groups in total. The lowest BCUT2D eigenvalue weighted by molar-refractivity contribution is 0.0699. The fourth-order valence-corrected chi connectivity index (χ4v) is 3.16. The van der Waals surface area contributed by atoms with Crippen LogP contribution in [0.1, 0.15) is 17.2 Å². The maximum atomic E-state index is 13.3. The van der Waals surface area contributed by atoms with Gasteiger partial charge < -0.3 is 10.2 Å².